The van der Waals surface area contributed by atoms with E-state index in [1.807, 2.05) is 0 Å². The normalized spacial score (nSPS) is 15.5. The summed E-state index contributed by atoms with van der Waals surface area (Å²) >= 11 is 5.20. The monoisotopic (exact) mass is 194 g/mol. The molecular formula is C8H18OS2. The fourth-order valence-corrected chi connectivity index (χ4v) is 1.29. The van der Waals surface area contributed by atoms with E-state index in [2.05, 4.69) is 34.6 Å². The molecule has 0 rings (SSSR count). The Balaban J connectivity index is 3.71. The Morgan fingerprint density at radius 1 is 1.36 bits per heavy atom. The maximum absolute atomic E-state index is 5.51. The quantitative estimate of drug-likeness (QED) is 0.682. The van der Waals surface area contributed by atoms with Gasteiger partial charge >= 0.3 is 0 Å². The van der Waals surface area contributed by atoms with Crippen LogP contribution in [0.1, 0.15) is 34.6 Å². The summed E-state index contributed by atoms with van der Waals surface area (Å²) in [5.74, 6) is 0.579. The maximum Gasteiger partial charge on any atom is 0.0640 e. The van der Waals surface area contributed by atoms with Crippen molar-refractivity contribution in [1.29, 1.82) is 0 Å². The molecule has 68 valence electrons. The van der Waals surface area contributed by atoms with E-state index in [-0.39, 0.29) is 14.5 Å². The van der Waals surface area contributed by atoms with Gasteiger partial charge in [-0.2, -0.15) is 0 Å². The molecule has 0 N–H and O–H groups in total. The van der Waals surface area contributed by atoms with E-state index in [1.165, 1.54) is 0 Å². The highest BCUT2D eigenvalue weighted by Crippen LogP contribution is 2.13. The molecule has 0 spiro atoms. The molecule has 0 fully saturated rings. The van der Waals surface area contributed by atoms with Crippen molar-refractivity contribution in [3.05, 3.63) is 0 Å². The van der Waals surface area contributed by atoms with E-state index in [1.54, 1.807) is 0 Å². The van der Waals surface area contributed by atoms with Crippen molar-refractivity contribution in [2.45, 2.75) is 39.4 Å². The molecule has 0 saturated heterocycles. The van der Waals surface area contributed by atoms with Crippen molar-refractivity contribution in [2.24, 2.45) is 5.92 Å². The summed E-state index contributed by atoms with van der Waals surface area (Å²) < 4.78 is 5.63. The molecule has 1 nitrogen and oxygen atoms in total. The summed E-state index contributed by atoms with van der Waals surface area (Å²) in [6.07, 6.45) is 0. The first kappa shape index (κ1) is 11.5. The third kappa shape index (κ3) is 5.76. The fraction of sp³-hybridized carbons (Fsp3) is 1.00. The molecule has 0 aliphatic heterocycles. The second kappa shape index (κ2) is 4.53. The molecule has 0 aliphatic carbocycles. The van der Waals surface area contributed by atoms with Crippen LogP contribution in [0.3, 0.4) is 0 Å². The van der Waals surface area contributed by atoms with Crippen LogP contribution in [0.2, 0.25) is 0 Å². The first-order chi connectivity index (χ1) is 4.84. The van der Waals surface area contributed by atoms with Crippen molar-refractivity contribution >= 4 is 20.9 Å². The van der Waals surface area contributed by atoms with Crippen molar-refractivity contribution in [2.75, 3.05) is 6.61 Å². The van der Waals surface area contributed by atoms with Gasteiger partial charge in [0.05, 0.1) is 6.61 Å². The summed E-state index contributed by atoms with van der Waals surface area (Å²) in [7, 11) is -0.325. The summed E-state index contributed by atoms with van der Waals surface area (Å²) in [6, 6.07) is 0. The molecule has 0 aliphatic rings. The smallest absolute Gasteiger partial charge is 0.0640 e. The summed E-state index contributed by atoms with van der Waals surface area (Å²) in [6.45, 7) is 11.4. The lowest BCUT2D eigenvalue weighted by atomic mass is 10.2. The van der Waals surface area contributed by atoms with E-state index < -0.39 is 0 Å². The van der Waals surface area contributed by atoms with Gasteiger partial charge in [0.2, 0.25) is 0 Å². The van der Waals surface area contributed by atoms with Gasteiger partial charge in [-0.3, -0.25) is 0 Å². The van der Waals surface area contributed by atoms with Gasteiger partial charge in [0.15, 0.2) is 0 Å². The van der Waals surface area contributed by atoms with E-state index >= 15 is 0 Å². The minimum Gasteiger partial charge on any atom is -0.312 e. The predicted molar refractivity (Wildman–Crippen MR) is 55.3 cm³/mol. The van der Waals surface area contributed by atoms with Crippen LogP contribution in [0.15, 0.2) is 0 Å². The number of hydrogen-bond donors (Lipinski definition) is 0. The van der Waals surface area contributed by atoms with Crippen molar-refractivity contribution in [3.8, 4) is 0 Å². The van der Waals surface area contributed by atoms with E-state index in [0.717, 1.165) is 6.61 Å². The molecule has 0 bridgehead atoms. The van der Waals surface area contributed by atoms with E-state index in [4.69, 9.17) is 15.4 Å². The first-order valence-electron chi connectivity index (χ1n) is 3.89. The van der Waals surface area contributed by atoms with Gasteiger partial charge in [0.25, 0.3) is 0 Å². The third-order valence-corrected chi connectivity index (χ3v) is 4.15. The van der Waals surface area contributed by atoms with Crippen LogP contribution in [0.4, 0.5) is 0 Å². The molecule has 0 radical (unpaired) electrons. The Bertz CT molecular complexity index is 136. The van der Waals surface area contributed by atoms with Crippen LogP contribution in [0.25, 0.3) is 0 Å². The zero-order chi connectivity index (χ0) is 9.07. The van der Waals surface area contributed by atoms with Gasteiger partial charge in [-0.1, -0.05) is 13.8 Å². The van der Waals surface area contributed by atoms with Crippen LogP contribution < -0.4 is 0 Å². The summed E-state index contributed by atoms with van der Waals surface area (Å²) in [5, 5.41) is 0. The van der Waals surface area contributed by atoms with Gasteiger partial charge < -0.3 is 4.18 Å². The molecule has 3 heteroatoms. The molecule has 0 aromatic heterocycles. The highest BCUT2D eigenvalue weighted by atomic mass is 32.8. The SMILES string of the molecule is CC(C)COS(=S)C(C)(C)C. The second-order valence-electron chi connectivity index (χ2n) is 4.03. The van der Waals surface area contributed by atoms with Crippen LogP contribution in [-0.4, -0.2) is 11.4 Å². The van der Waals surface area contributed by atoms with Gasteiger partial charge in [0, 0.05) is 14.5 Å². The van der Waals surface area contributed by atoms with Crippen molar-refractivity contribution in [1.82, 2.24) is 0 Å². The largest absolute Gasteiger partial charge is 0.312 e. The third-order valence-electron chi connectivity index (χ3n) is 1.01. The van der Waals surface area contributed by atoms with Gasteiger partial charge in [-0.05, 0) is 37.9 Å². The molecule has 1 unspecified atom stereocenters. The molecule has 1 atom stereocenters. The minimum absolute atomic E-state index is 0.115. The average Bonchev–Trinajstić information content (AvgIpc) is 1.80. The molecule has 11 heavy (non-hydrogen) atoms. The molecule has 0 aromatic rings. The molecule has 0 amide bonds. The minimum atomic E-state index is -0.325. The molecular weight excluding hydrogens is 176 g/mol. The van der Waals surface area contributed by atoms with Gasteiger partial charge in [-0.25, -0.2) is 0 Å². The van der Waals surface area contributed by atoms with Gasteiger partial charge in [-0.15, -0.1) is 0 Å². The lowest BCUT2D eigenvalue weighted by molar-refractivity contribution is 0.306. The lowest BCUT2D eigenvalue weighted by Crippen LogP contribution is -2.23. The number of hydrogen-bond acceptors (Lipinski definition) is 2. The molecule has 0 saturated carbocycles. The van der Waals surface area contributed by atoms with Crippen molar-refractivity contribution in [3.63, 3.8) is 0 Å². The van der Waals surface area contributed by atoms with Crippen LogP contribution >= 0.6 is 0 Å². The van der Waals surface area contributed by atoms with Crippen LogP contribution in [0, 0.1) is 5.92 Å². The van der Waals surface area contributed by atoms with E-state index in [0.29, 0.717) is 5.92 Å². The average molecular weight is 194 g/mol. The Morgan fingerprint density at radius 2 is 1.82 bits per heavy atom. The Kier molecular flexibility index (Phi) is 4.75. The fourth-order valence-electron chi connectivity index (χ4n) is 0.375. The topological polar surface area (TPSA) is 9.23 Å². The first-order valence-corrected chi connectivity index (χ1v) is 5.96. The zero-order valence-corrected chi connectivity index (χ0v) is 9.64. The Hall–Kier alpha value is 0.530. The highest BCUT2D eigenvalue weighted by Gasteiger charge is 2.16. The molecule has 0 aromatic carbocycles. The van der Waals surface area contributed by atoms with Gasteiger partial charge in [0.1, 0.15) is 0 Å². The Labute approximate surface area is 77.3 Å². The standard InChI is InChI=1S/C8H18OS2/c1-7(2)6-9-11(10)8(3,4)5/h7H,6H2,1-5H3. The van der Waals surface area contributed by atoms with E-state index in [9.17, 15) is 0 Å². The Morgan fingerprint density at radius 3 is 2.09 bits per heavy atom. The van der Waals surface area contributed by atoms with Crippen molar-refractivity contribution < 1.29 is 4.18 Å². The zero-order valence-electron chi connectivity index (χ0n) is 8.01. The lowest BCUT2D eigenvalue weighted by Gasteiger charge is -2.21. The highest BCUT2D eigenvalue weighted by molar-refractivity contribution is 8.26. The summed E-state index contributed by atoms with van der Waals surface area (Å²) in [4.78, 5) is 0. The van der Waals surface area contributed by atoms with Crippen LogP contribution in [0.5, 0.6) is 0 Å². The maximum atomic E-state index is 5.51. The predicted octanol–water partition coefficient (Wildman–Crippen LogP) is 2.45. The summed E-state index contributed by atoms with van der Waals surface area (Å²) in [5.41, 5.74) is 0. The molecule has 0 heterocycles. The number of rotatable bonds is 3. The second-order valence-corrected chi connectivity index (χ2v) is 6.86. The van der Waals surface area contributed by atoms with Crippen LogP contribution in [-0.2, 0) is 25.1 Å².